The molecular formula is C14H12N2O4S. The number of carboxylic acids is 1. The molecule has 0 radical (unpaired) electrons. The monoisotopic (exact) mass is 304 g/mol. The summed E-state index contributed by atoms with van der Waals surface area (Å²) < 4.78 is 26.0. The summed E-state index contributed by atoms with van der Waals surface area (Å²) in [5.74, 6) is -1.25. The molecule has 108 valence electrons. The molecule has 1 unspecified atom stereocenters. The number of nitriles is 1. The Balaban J connectivity index is 2.60. The van der Waals surface area contributed by atoms with Crippen LogP contribution < -0.4 is 4.72 Å². The molecule has 2 aromatic carbocycles. The van der Waals surface area contributed by atoms with E-state index in [1.165, 1.54) is 19.1 Å². The Kier molecular flexibility index (Phi) is 3.82. The van der Waals surface area contributed by atoms with E-state index in [0.29, 0.717) is 10.8 Å². The fourth-order valence-electron chi connectivity index (χ4n) is 1.81. The summed E-state index contributed by atoms with van der Waals surface area (Å²) in [6.07, 6.45) is 0. The third-order valence-electron chi connectivity index (χ3n) is 3.02. The van der Waals surface area contributed by atoms with Crippen LogP contribution in [0.1, 0.15) is 17.3 Å². The molecule has 0 saturated carbocycles. The van der Waals surface area contributed by atoms with Gasteiger partial charge in [-0.3, -0.25) is 4.72 Å². The number of benzene rings is 2. The SMILES string of the molecule is CC(C#N)S(=O)(=O)Nc1cc2ccccc2cc1C(=O)O. The molecule has 7 heteroatoms. The predicted molar refractivity (Wildman–Crippen MR) is 78.5 cm³/mol. The number of aromatic carboxylic acids is 1. The van der Waals surface area contributed by atoms with E-state index in [0.717, 1.165) is 0 Å². The molecule has 0 aliphatic heterocycles. The lowest BCUT2D eigenvalue weighted by atomic mass is 10.1. The largest absolute Gasteiger partial charge is 0.478 e. The van der Waals surface area contributed by atoms with Gasteiger partial charge in [0.25, 0.3) is 0 Å². The summed E-state index contributed by atoms with van der Waals surface area (Å²) in [7, 11) is -3.96. The summed E-state index contributed by atoms with van der Waals surface area (Å²) >= 11 is 0. The normalized spacial score (nSPS) is 12.6. The maximum atomic E-state index is 11.9. The van der Waals surface area contributed by atoms with E-state index in [1.54, 1.807) is 30.3 Å². The highest BCUT2D eigenvalue weighted by Crippen LogP contribution is 2.25. The first-order valence-electron chi connectivity index (χ1n) is 6.02. The van der Waals surface area contributed by atoms with E-state index in [-0.39, 0.29) is 11.3 Å². The standard InChI is InChI=1S/C14H12N2O4S/c1-9(8-15)21(19,20)16-13-7-11-5-3-2-4-10(11)6-12(13)14(17)18/h2-7,9,16H,1H3,(H,17,18). The number of nitrogens with zero attached hydrogens (tertiary/aromatic N) is 1. The van der Waals surface area contributed by atoms with Crippen LogP contribution in [0.5, 0.6) is 0 Å². The minimum absolute atomic E-state index is 0.0525. The second-order valence-electron chi connectivity index (χ2n) is 4.47. The number of carboxylic acid groups (broad SMARTS) is 1. The minimum atomic E-state index is -3.96. The first-order chi connectivity index (χ1) is 9.85. The summed E-state index contributed by atoms with van der Waals surface area (Å²) in [5, 5.41) is 18.0. The quantitative estimate of drug-likeness (QED) is 0.900. The van der Waals surface area contributed by atoms with Crippen molar-refractivity contribution in [1.82, 2.24) is 0 Å². The van der Waals surface area contributed by atoms with E-state index in [2.05, 4.69) is 4.72 Å². The van der Waals surface area contributed by atoms with Gasteiger partial charge in [-0.1, -0.05) is 24.3 Å². The third kappa shape index (κ3) is 2.95. The molecule has 21 heavy (non-hydrogen) atoms. The van der Waals surface area contributed by atoms with Gasteiger partial charge in [0, 0.05) is 0 Å². The molecule has 0 heterocycles. The first-order valence-corrected chi connectivity index (χ1v) is 7.57. The van der Waals surface area contributed by atoms with Crippen LogP contribution in [0.25, 0.3) is 10.8 Å². The van der Waals surface area contributed by atoms with Crippen LogP contribution in [-0.4, -0.2) is 24.7 Å². The van der Waals surface area contributed by atoms with Gasteiger partial charge in [-0.15, -0.1) is 0 Å². The number of hydrogen-bond donors (Lipinski definition) is 2. The molecule has 2 rings (SSSR count). The Bertz CT molecular complexity index is 853. The topological polar surface area (TPSA) is 107 Å². The Hall–Kier alpha value is -2.59. The highest BCUT2D eigenvalue weighted by Gasteiger charge is 2.23. The number of sulfonamides is 1. The molecular weight excluding hydrogens is 292 g/mol. The second-order valence-corrected chi connectivity index (χ2v) is 6.47. The summed E-state index contributed by atoms with van der Waals surface area (Å²) in [5.41, 5.74) is -0.217. The van der Waals surface area contributed by atoms with Gasteiger partial charge in [0.15, 0.2) is 5.25 Å². The number of rotatable bonds is 4. The zero-order chi connectivity index (χ0) is 15.6. The molecule has 0 aliphatic carbocycles. The van der Waals surface area contributed by atoms with Crippen LogP contribution in [0.15, 0.2) is 36.4 Å². The lowest BCUT2D eigenvalue weighted by Crippen LogP contribution is -2.24. The van der Waals surface area contributed by atoms with E-state index in [4.69, 9.17) is 5.26 Å². The predicted octanol–water partition coefficient (Wildman–Crippen LogP) is 2.19. The van der Waals surface area contributed by atoms with Crippen LogP contribution >= 0.6 is 0 Å². The van der Waals surface area contributed by atoms with Crippen molar-refractivity contribution in [1.29, 1.82) is 5.26 Å². The average Bonchev–Trinajstić information content (AvgIpc) is 2.44. The average molecular weight is 304 g/mol. The van der Waals surface area contributed by atoms with Crippen molar-refractivity contribution in [2.24, 2.45) is 0 Å². The highest BCUT2D eigenvalue weighted by atomic mass is 32.2. The molecule has 0 fully saturated rings. The zero-order valence-electron chi connectivity index (χ0n) is 11.1. The summed E-state index contributed by atoms with van der Waals surface area (Å²) in [4.78, 5) is 11.3. The van der Waals surface area contributed by atoms with E-state index in [9.17, 15) is 18.3 Å². The molecule has 1 atom stereocenters. The van der Waals surface area contributed by atoms with E-state index >= 15 is 0 Å². The third-order valence-corrected chi connectivity index (χ3v) is 4.56. The summed E-state index contributed by atoms with van der Waals surface area (Å²) in [6.45, 7) is 1.23. The van der Waals surface area contributed by atoms with Gasteiger partial charge in [0.1, 0.15) is 0 Å². The Morgan fingerprint density at radius 1 is 1.29 bits per heavy atom. The number of nitrogens with one attached hydrogen (secondary N) is 1. The molecule has 0 saturated heterocycles. The maximum Gasteiger partial charge on any atom is 0.337 e. The molecule has 0 bridgehead atoms. The number of hydrogen-bond acceptors (Lipinski definition) is 4. The fraction of sp³-hybridized carbons (Fsp3) is 0.143. The molecule has 0 aromatic heterocycles. The Labute approximate surface area is 121 Å². The Morgan fingerprint density at radius 2 is 1.86 bits per heavy atom. The minimum Gasteiger partial charge on any atom is -0.478 e. The van der Waals surface area contributed by atoms with Crippen molar-refractivity contribution in [3.8, 4) is 6.07 Å². The van der Waals surface area contributed by atoms with Crippen LogP contribution in [0.3, 0.4) is 0 Å². The van der Waals surface area contributed by atoms with Gasteiger partial charge in [-0.05, 0) is 29.8 Å². The van der Waals surface area contributed by atoms with Gasteiger partial charge in [0.2, 0.25) is 10.0 Å². The lowest BCUT2D eigenvalue weighted by Gasteiger charge is -2.13. The van der Waals surface area contributed by atoms with Gasteiger partial charge >= 0.3 is 5.97 Å². The molecule has 0 amide bonds. The molecule has 0 spiro atoms. The number of carbonyl (C=O) groups is 1. The van der Waals surface area contributed by atoms with E-state index in [1.807, 2.05) is 0 Å². The zero-order valence-corrected chi connectivity index (χ0v) is 11.9. The van der Waals surface area contributed by atoms with Crippen LogP contribution in [-0.2, 0) is 10.0 Å². The van der Waals surface area contributed by atoms with Crippen LogP contribution in [0, 0.1) is 11.3 Å². The molecule has 0 aliphatic rings. The molecule has 2 N–H and O–H groups in total. The summed E-state index contributed by atoms with van der Waals surface area (Å²) in [6, 6.07) is 11.5. The first kappa shape index (κ1) is 14.8. The van der Waals surface area contributed by atoms with Crippen molar-refractivity contribution < 1.29 is 18.3 Å². The van der Waals surface area contributed by atoms with E-state index < -0.39 is 21.2 Å². The number of fused-ring (bicyclic) bond motifs is 1. The van der Waals surface area contributed by atoms with Crippen molar-refractivity contribution in [3.63, 3.8) is 0 Å². The maximum absolute atomic E-state index is 11.9. The fourth-order valence-corrected chi connectivity index (χ4v) is 2.60. The van der Waals surface area contributed by atoms with Gasteiger partial charge in [0.05, 0.1) is 17.3 Å². The number of anilines is 1. The Morgan fingerprint density at radius 3 is 2.38 bits per heavy atom. The molecule has 2 aromatic rings. The van der Waals surface area contributed by atoms with Crippen molar-refractivity contribution >= 4 is 32.5 Å². The second kappa shape index (κ2) is 5.42. The van der Waals surface area contributed by atoms with Crippen LogP contribution in [0.4, 0.5) is 5.69 Å². The highest BCUT2D eigenvalue weighted by molar-refractivity contribution is 7.93. The van der Waals surface area contributed by atoms with Crippen LogP contribution in [0.2, 0.25) is 0 Å². The van der Waals surface area contributed by atoms with Crippen molar-refractivity contribution in [3.05, 3.63) is 42.0 Å². The van der Waals surface area contributed by atoms with Gasteiger partial charge < -0.3 is 5.11 Å². The van der Waals surface area contributed by atoms with Crippen molar-refractivity contribution in [2.75, 3.05) is 4.72 Å². The van der Waals surface area contributed by atoms with Gasteiger partial charge in [-0.25, -0.2) is 13.2 Å². The molecule has 6 nitrogen and oxygen atoms in total. The van der Waals surface area contributed by atoms with Crippen molar-refractivity contribution in [2.45, 2.75) is 12.2 Å². The lowest BCUT2D eigenvalue weighted by molar-refractivity contribution is 0.0698. The van der Waals surface area contributed by atoms with Gasteiger partial charge in [-0.2, -0.15) is 5.26 Å². The smallest absolute Gasteiger partial charge is 0.337 e.